The van der Waals surface area contributed by atoms with Crippen molar-refractivity contribution < 1.29 is 0 Å². The molecule has 1 heterocycles. The van der Waals surface area contributed by atoms with Gasteiger partial charge in [0.2, 0.25) is 0 Å². The molecule has 0 bridgehead atoms. The highest BCUT2D eigenvalue weighted by molar-refractivity contribution is 7.10. The van der Waals surface area contributed by atoms with Crippen molar-refractivity contribution in [3.05, 3.63) is 21.3 Å². The van der Waals surface area contributed by atoms with Crippen LogP contribution in [0.3, 0.4) is 0 Å². The summed E-state index contributed by atoms with van der Waals surface area (Å²) in [5.74, 6) is 0.614. The van der Waals surface area contributed by atoms with E-state index in [9.17, 15) is 0 Å². The first kappa shape index (κ1) is 9.50. The van der Waals surface area contributed by atoms with E-state index in [-0.39, 0.29) is 6.04 Å². The Morgan fingerprint density at radius 1 is 1.69 bits per heavy atom. The second-order valence-corrected chi connectivity index (χ2v) is 5.81. The van der Waals surface area contributed by atoms with E-state index < -0.39 is 0 Å². The Labute approximate surface area is 87.9 Å². The Morgan fingerprint density at radius 2 is 2.31 bits per heavy atom. The number of rotatable bonds is 2. The summed E-state index contributed by atoms with van der Waals surface area (Å²) >= 11 is 7.70. The van der Waals surface area contributed by atoms with Gasteiger partial charge < -0.3 is 5.73 Å². The smallest absolute Gasteiger partial charge is 0.0561 e. The number of halogens is 1. The van der Waals surface area contributed by atoms with E-state index in [1.807, 2.05) is 11.4 Å². The molecule has 0 radical (unpaired) electrons. The average molecular weight is 216 g/mol. The standard InChI is InChI=1S/C10H14ClNS/c1-10(2)5-6(10)8(12)9-7(11)3-4-13-9/h3-4,6,8H,5,12H2,1-2H3. The zero-order valence-corrected chi connectivity index (χ0v) is 9.45. The first-order chi connectivity index (χ1) is 6.02. The Balaban J connectivity index is 2.15. The topological polar surface area (TPSA) is 26.0 Å². The molecule has 2 rings (SSSR count). The molecule has 0 aromatic carbocycles. The van der Waals surface area contributed by atoms with Crippen LogP contribution in [0.15, 0.2) is 11.4 Å². The second kappa shape index (κ2) is 2.97. The third-order valence-electron chi connectivity index (χ3n) is 2.97. The van der Waals surface area contributed by atoms with E-state index in [4.69, 9.17) is 17.3 Å². The summed E-state index contributed by atoms with van der Waals surface area (Å²) in [6.07, 6.45) is 1.22. The third kappa shape index (κ3) is 1.63. The molecule has 2 unspecified atom stereocenters. The Morgan fingerprint density at radius 3 is 2.69 bits per heavy atom. The molecule has 1 aromatic heterocycles. The normalized spacial score (nSPS) is 27.2. The van der Waals surface area contributed by atoms with Crippen LogP contribution in [0.25, 0.3) is 0 Å². The summed E-state index contributed by atoms with van der Waals surface area (Å²) in [5.41, 5.74) is 6.57. The fraction of sp³-hybridized carbons (Fsp3) is 0.600. The molecular formula is C10H14ClNS. The highest BCUT2D eigenvalue weighted by Gasteiger charge is 2.49. The van der Waals surface area contributed by atoms with Crippen molar-refractivity contribution in [3.63, 3.8) is 0 Å². The molecule has 72 valence electrons. The van der Waals surface area contributed by atoms with Gasteiger partial charge in [0.1, 0.15) is 0 Å². The molecule has 1 fully saturated rings. The number of nitrogens with two attached hydrogens (primary N) is 1. The molecule has 1 aliphatic rings. The molecule has 2 N–H and O–H groups in total. The van der Waals surface area contributed by atoms with Crippen LogP contribution in [0.4, 0.5) is 0 Å². The van der Waals surface area contributed by atoms with Crippen molar-refractivity contribution in [3.8, 4) is 0 Å². The quantitative estimate of drug-likeness (QED) is 0.804. The van der Waals surface area contributed by atoms with Crippen molar-refractivity contribution in [1.29, 1.82) is 0 Å². The minimum Gasteiger partial charge on any atom is -0.323 e. The van der Waals surface area contributed by atoms with E-state index >= 15 is 0 Å². The molecule has 0 aliphatic heterocycles. The molecule has 1 nitrogen and oxygen atoms in total. The molecule has 0 spiro atoms. The van der Waals surface area contributed by atoms with Gasteiger partial charge in [-0.1, -0.05) is 25.4 Å². The Kier molecular flexibility index (Phi) is 2.17. The van der Waals surface area contributed by atoms with Crippen LogP contribution in [-0.4, -0.2) is 0 Å². The van der Waals surface area contributed by atoms with Crippen LogP contribution in [0.5, 0.6) is 0 Å². The van der Waals surface area contributed by atoms with Gasteiger partial charge in [0, 0.05) is 10.9 Å². The maximum absolute atomic E-state index is 6.15. The molecule has 0 amide bonds. The molecule has 0 saturated heterocycles. The predicted molar refractivity (Wildman–Crippen MR) is 58.1 cm³/mol. The number of hydrogen-bond acceptors (Lipinski definition) is 2. The van der Waals surface area contributed by atoms with E-state index in [2.05, 4.69) is 13.8 Å². The molecular weight excluding hydrogens is 202 g/mol. The van der Waals surface area contributed by atoms with Gasteiger partial charge in [-0.2, -0.15) is 0 Å². The summed E-state index contributed by atoms with van der Waals surface area (Å²) in [6, 6.07) is 2.07. The van der Waals surface area contributed by atoms with Crippen LogP contribution < -0.4 is 5.73 Å². The Bertz CT molecular complexity index is 318. The van der Waals surface area contributed by atoms with Gasteiger partial charge in [0.15, 0.2) is 0 Å². The van der Waals surface area contributed by atoms with Crippen molar-refractivity contribution in [2.75, 3.05) is 0 Å². The second-order valence-electron chi connectivity index (χ2n) is 4.46. The van der Waals surface area contributed by atoms with Crippen molar-refractivity contribution >= 4 is 22.9 Å². The highest BCUT2D eigenvalue weighted by Crippen LogP contribution is 2.58. The van der Waals surface area contributed by atoms with E-state index in [0.717, 1.165) is 9.90 Å². The zero-order chi connectivity index (χ0) is 9.64. The van der Waals surface area contributed by atoms with Crippen LogP contribution in [0, 0.1) is 11.3 Å². The maximum atomic E-state index is 6.15. The van der Waals surface area contributed by atoms with E-state index in [0.29, 0.717) is 11.3 Å². The van der Waals surface area contributed by atoms with Gasteiger partial charge in [-0.3, -0.25) is 0 Å². The van der Waals surface area contributed by atoms with Crippen LogP contribution in [0.1, 0.15) is 31.2 Å². The summed E-state index contributed by atoms with van der Waals surface area (Å²) in [4.78, 5) is 1.15. The number of hydrogen-bond donors (Lipinski definition) is 1. The SMILES string of the molecule is CC1(C)CC1C(N)c1sccc1Cl. The fourth-order valence-corrected chi connectivity index (χ4v) is 3.10. The minimum atomic E-state index is 0.141. The lowest BCUT2D eigenvalue weighted by Crippen LogP contribution is -2.14. The van der Waals surface area contributed by atoms with Crippen molar-refractivity contribution in [1.82, 2.24) is 0 Å². The van der Waals surface area contributed by atoms with Crippen LogP contribution in [-0.2, 0) is 0 Å². The van der Waals surface area contributed by atoms with Gasteiger partial charge in [0.25, 0.3) is 0 Å². The van der Waals surface area contributed by atoms with Crippen molar-refractivity contribution in [2.24, 2.45) is 17.1 Å². The molecule has 1 aliphatic carbocycles. The predicted octanol–water partition coefficient (Wildman–Crippen LogP) is 3.45. The molecule has 1 aromatic rings. The van der Waals surface area contributed by atoms with Gasteiger partial charge in [0.05, 0.1) is 5.02 Å². The lowest BCUT2D eigenvalue weighted by Gasteiger charge is -2.11. The Hall–Kier alpha value is -0.0500. The first-order valence-electron chi connectivity index (χ1n) is 4.51. The van der Waals surface area contributed by atoms with Gasteiger partial charge in [-0.15, -0.1) is 11.3 Å². The summed E-state index contributed by atoms with van der Waals surface area (Å²) < 4.78 is 0. The minimum absolute atomic E-state index is 0.141. The van der Waals surface area contributed by atoms with Gasteiger partial charge in [-0.05, 0) is 29.2 Å². The lowest BCUT2D eigenvalue weighted by molar-refractivity contribution is 0.496. The van der Waals surface area contributed by atoms with Crippen LogP contribution >= 0.6 is 22.9 Å². The van der Waals surface area contributed by atoms with E-state index in [1.165, 1.54) is 6.42 Å². The highest BCUT2D eigenvalue weighted by atomic mass is 35.5. The zero-order valence-electron chi connectivity index (χ0n) is 7.88. The first-order valence-corrected chi connectivity index (χ1v) is 5.76. The molecule has 1 saturated carbocycles. The average Bonchev–Trinajstić information content (AvgIpc) is 2.49. The molecule has 13 heavy (non-hydrogen) atoms. The largest absolute Gasteiger partial charge is 0.323 e. The van der Waals surface area contributed by atoms with Gasteiger partial charge in [-0.25, -0.2) is 0 Å². The fourth-order valence-electron chi connectivity index (χ4n) is 1.85. The van der Waals surface area contributed by atoms with Gasteiger partial charge >= 0.3 is 0 Å². The maximum Gasteiger partial charge on any atom is 0.0561 e. The molecule has 3 heteroatoms. The number of thiophene rings is 1. The lowest BCUT2D eigenvalue weighted by atomic mass is 10.0. The summed E-state index contributed by atoms with van der Waals surface area (Å²) in [5, 5.41) is 2.84. The monoisotopic (exact) mass is 215 g/mol. The van der Waals surface area contributed by atoms with Crippen LogP contribution in [0.2, 0.25) is 5.02 Å². The summed E-state index contributed by atoms with van der Waals surface area (Å²) in [6.45, 7) is 4.53. The van der Waals surface area contributed by atoms with Crippen molar-refractivity contribution in [2.45, 2.75) is 26.3 Å². The third-order valence-corrected chi connectivity index (χ3v) is 4.43. The van der Waals surface area contributed by atoms with E-state index in [1.54, 1.807) is 11.3 Å². The summed E-state index contributed by atoms with van der Waals surface area (Å²) in [7, 11) is 0. The molecule has 2 atom stereocenters.